The zero-order chi connectivity index (χ0) is 12.3. The Labute approximate surface area is 106 Å². The molecule has 2 unspecified atom stereocenters. The molecular formula is C13H17ClFNO. The Morgan fingerprint density at radius 3 is 3.06 bits per heavy atom. The lowest BCUT2D eigenvalue weighted by atomic mass is 10.1. The lowest BCUT2D eigenvalue weighted by Gasteiger charge is -2.06. The van der Waals surface area contributed by atoms with Crippen molar-refractivity contribution >= 4 is 11.6 Å². The SMILES string of the molecule is COCCNCC1CC1c1c(F)cccc1Cl. The summed E-state index contributed by atoms with van der Waals surface area (Å²) in [4.78, 5) is 0. The van der Waals surface area contributed by atoms with Crippen LogP contribution in [0.3, 0.4) is 0 Å². The Morgan fingerprint density at radius 2 is 2.35 bits per heavy atom. The van der Waals surface area contributed by atoms with Crippen LogP contribution < -0.4 is 5.32 Å². The van der Waals surface area contributed by atoms with Gasteiger partial charge < -0.3 is 10.1 Å². The molecule has 0 radical (unpaired) electrons. The van der Waals surface area contributed by atoms with E-state index in [1.54, 1.807) is 19.2 Å². The van der Waals surface area contributed by atoms with Crippen molar-refractivity contribution in [2.24, 2.45) is 5.92 Å². The molecule has 0 aromatic heterocycles. The third kappa shape index (κ3) is 3.18. The van der Waals surface area contributed by atoms with E-state index in [4.69, 9.17) is 16.3 Å². The maximum atomic E-state index is 13.6. The highest BCUT2D eigenvalue weighted by molar-refractivity contribution is 6.31. The Bertz CT molecular complexity index is 365. The molecule has 1 fully saturated rings. The summed E-state index contributed by atoms with van der Waals surface area (Å²) in [6, 6.07) is 4.89. The Balaban J connectivity index is 1.85. The Kier molecular flexibility index (Phi) is 4.37. The molecule has 0 saturated heterocycles. The van der Waals surface area contributed by atoms with Crippen LogP contribution in [0.5, 0.6) is 0 Å². The number of nitrogens with one attached hydrogen (secondary N) is 1. The minimum absolute atomic E-state index is 0.179. The second-order valence-electron chi connectivity index (χ2n) is 4.43. The summed E-state index contributed by atoms with van der Waals surface area (Å²) in [6.07, 6.45) is 1.01. The second kappa shape index (κ2) is 5.80. The van der Waals surface area contributed by atoms with Gasteiger partial charge in [-0.05, 0) is 36.9 Å². The fourth-order valence-electron chi connectivity index (χ4n) is 2.15. The highest BCUT2D eigenvalue weighted by atomic mass is 35.5. The van der Waals surface area contributed by atoms with Crippen molar-refractivity contribution in [2.75, 3.05) is 26.8 Å². The van der Waals surface area contributed by atoms with Gasteiger partial charge in [0, 0.05) is 24.2 Å². The Morgan fingerprint density at radius 1 is 1.53 bits per heavy atom. The molecule has 0 aliphatic heterocycles. The standard InChI is InChI=1S/C13H17ClFNO/c1-17-6-5-16-8-9-7-10(9)13-11(14)3-2-4-12(13)15/h2-4,9-10,16H,5-8H2,1H3. The number of rotatable bonds is 6. The largest absolute Gasteiger partial charge is 0.383 e. The van der Waals surface area contributed by atoms with Gasteiger partial charge in [-0.1, -0.05) is 17.7 Å². The van der Waals surface area contributed by atoms with E-state index in [0.717, 1.165) is 19.5 Å². The predicted molar refractivity (Wildman–Crippen MR) is 67.0 cm³/mol. The van der Waals surface area contributed by atoms with Crippen molar-refractivity contribution in [1.29, 1.82) is 0 Å². The lowest BCUT2D eigenvalue weighted by Crippen LogP contribution is -2.21. The van der Waals surface area contributed by atoms with E-state index >= 15 is 0 Å². The van der Waals surface area contributed by atoms with Crippen LogP contribution in [-0.4, -0.2) is 26.8 Å². The summed E-state index contributed by atoms with van der Waals surface area (Å²) in [5, 5.41) is 3.85. The second-order valence-corrected chi connectivity index (χ2v) is 4.84. The van der Waals surface area contributed by atoms with Crippen LogP contribution in [0.15, 0.2) is 18.2 Å². The maximum Gasteiger partial charge on any atom is 0.128 e. The molecule has 1 aromatic rings. The molecule has 1 aromatic carbocycles. The van der Waals surface area contributed by atoms with Crippen LogP contribution in [0.25, 0.3) is 0 Å². The summed E-state index contributed by atoms with van der Waals surface area (Å²) in [5.74, 6) is 0.599. The topological polar surface area (TPSA) is 21.3 Å². The molecule has 17 heavy (non-hydrogen) atoms. The average molecular weight is 258 g/mol. The van der Waals surface area contributed by atoms with Crippen LogP contribution in [-0.2, 0) is 4.74 Å². The molecule has 0 bridgehead atoms. The highest BCUT2D eigenvalue weighted by Gasteiger charge is 2.40. The van der Waals surface area contributed by atoms with Gasteiger partial charge >= 0.3 is 0 Å². The van der Waals surface area contributed by atoms with Gasteiger partial charge in [0.25, 0.3) is 0 Å². The molecule has 4 heteroatoms. The molecule has 1 aliphatic carbocycles. The molecule has 2 nitrogen and oxygen atoms in total. The molecule has 0 spiro atoms. The summed E-state index contributed by atoms with van der Waals surface area (Å²) in [6.45, 7) is 2.45. The van der Waals surface area contributed by atoms with Gasteiger partial charge in [-0.25, -0.2) is 4.39 Å². The lowest BCUT2D eigenvalue weighted by molar-refractivity contribution is 0.199. The molecule has 1 saturated carbocycles. The van der Waals surface area contributed by atoms with E-state index in [-0.39, 0.29) is 11.7 Å². The molecule has 94 valence electrons. The minimum Gasteiger partial charge on any atom is -0.383 e. The van der Waals surface area contributed by atoms with Gasteiger partial charge in [0.15, 0.2) is 0 Å². The summed E-state index contributed by atoms with van der Waals surface area (Å²) in [5.41, 5.74) is 0.688. The molecule has 1 aliphatic rings. The van der Waals surface area contributed by atoms with Crippen LogP contribution in [0, 0.1) is 11.7 Å². The van der Waals surface area contributed by atoms with Crippen molar-refractivity contribution in [3.8, 4) is 0 Å². The van der Waals surface area contributed by atoms with Gasteiger partial charge in [0.2, 0.25) is 0 Å². The first-order valence-electron chi connectivity index (χ1n) is 5.87. The van der Waals surface area contributed by atoms with Crippen LogP contribution in [0.4, 0.5) is 4.39 Å². The third-order valence-electron chi connectivity index (χ3n) is 3.18. The fourth-order valence-corrected chi connectivity index (χ4v) is 2.46. The number of halogens is 2. The molecular weight excluding hydrogens is 241 g/mol. The van der Waals surface area contributed by atoms with Gasteiger partial charge in [-0.15, -0.1) is 0 Å². The van der Waals surface area contributed by atoms with Crippen LogP contribution in [0.1, 0.15) is 17.9 Å². The average Bonchev–Trinajstić information content (AvgIpc) is 3.04. The van der Waals surface area contributed by atoms with E-state index < -0.39 is 0 Å². The number of methoxy groups -OCH3 is 1. The van der Waals surface area contributed by atoms with E-state index in [1.165, 1.54) is 6.07 Å². The van der Waals surface area contributed by atoms with Gasteiger partial charge in [0.1, 0.15) is 5.82 Å². The zero-order valence-electron chi connectivity index (χ0n) is 9.88. The van der Waals surface area contributed by atoms with E-state index in [0.29, 0.717) is 23.1 Å². The molecule has 0 amide bonds. The fraction of sp³-hybridized carbons (Fsp3) is 0.538. The van der Waals surface area contributed by atoms with Crippen molar-refractivity contribution < 1.29 is 9.13 Å². The molecule has 2 rings (SSSR count). The third-order valence-corrected chi connectivity index (χ3v) is 3.51. The first-order chi connectivity index (χ1) is 8.24. The maximum absolute atomic E-state index is 13.6. The van der Waals surface area contributed by atoms with E-state index in [2.05, 4.69) is 5.32 Å². The first-order valence-corrected chi connectivity index (χ1v) is 6.25. The quantitative estimate of drug-likeness (QED) is 0.792. The van der Waals surface area contributed by atoms with E-state index in [1.807, 2.05) is 0 Å². The van der Waals surface area contributed by atoms with Crippen molar-refractivity contribution in [3.63, 3.8) is 0 Å². The van der Waals surface area contributed by atoms with E-state index in [9.17, 15) is 4.39 Å². The predicted octanol–water partition coefficient (Wildman–Crippen LogP) is 2.82. The summed E-state index contributed by atoms with van der Waals surface area (Å²) in [7, 11) is 1.68. The first kappa shape index (κ1) is 12.8. The van der Waals surface area contributed by atoms with Gasteiger partial charge in [-0.3, -0.25) is 0 Å². The number of hydrogen-bond donors (Lipinski definition) is 1. The number of ether oxygens (including phenoxy) is 1. The molecule has 1 N–H and O–H groups in total. The normalized spacial score (nSPS) is 22.8. The summed E-state index contributed by atoms with van der Waals surface area (Å²) >= 11 is 6.03. The molecule has 0 heterocycles. The number of hydrogen-bond acceptors (Lipinski definition) is 2. The molecule has 2 atom stereocenters. The minimum atomic E-state index is -0.179. The van der Waals surface area contributed by atoms with Crippen LogP contribution >= 0.6 is 11.6 Å². The Hall–Kier alpha value is -0.640. The van der Waals surface area contributed by atoms with Gasteiger partial charge in [-0.2, -0.15) is 0 Å². The monoisotopic (exact) mass is 257 g/mol. The smallest absolute Gasteiger partial charge is 0.128 e. The summed E-state index contributed by atoms with van der Waals surface area (Å²) < 4.78 is 18.6. The highest BCUT2D eigenvalue weighted by Crippen LogP contribution is 2.49. The zero-order valence-corrected chi connectivity index (χ0v) is 10.6. The van der Waals surface area contributed by atoms with Crippen LogP contribution in [0.2, 0.25) is 5.02 Å². The van der Waals surface area contributed by atoms with Crippen molar-refractivity contribution in [2.45, 2.75) is 12.3 Å². The van der Waals surface area contributed by atoms with Gasteiger partial charge in [0.05, 0.1) is 6.61 Å². The van der Waals surface area contributed by atoms with Crippen molar-refractivity contribution in [3.05, 3.63) is 34.6 Å². The van der Waals surface area contributed by atoms with Crippen molar-refractivity contribution in [1.82, 2.24) is 5.32 Å². The number of benzene rings is 1.